The van der Waals surface area contributed by atoms with Gasteiger partial charge in [-0.2, -0.15) is 0 Å². The Labute approximate surface area is 105 Å². The molecule has 0 saturated carbocycles. The number of hydrogen-bond acceptors (Lipinski definition) is 5. The van der Waals surface area contributed by atoms with Crippen LogP contribution >= 0.6 is 0 Å². The van der Waals surface area contributed by atoms with E-state index in [1.165, 1.54) is 4.90 Å². The largest absolute Gasteiger partial charge is 0.449 e. The van der Waals surface area contributed by atoms with E-state index in [1.807, 2.05) is 0 Å². The highest BCUT2D eigenvalue weighted by molar-refractivity contribution is 7.91. The van der Waals surface area contributed by atoms with E-state index in [9.17, 15) is 18.0 Å². The molecule has 2 aliphatic rings. The third-order valence-corrected chi connectivity index (χ3v) is 4.76. The van der Waals surface area contributed by atoms with Crippen molar-refractivity contribution in [3.63, 3.8) is 0 Å². The lowest BCUT2D eigenvalue weighted by Gasteiger charge is -2.26. The highest BCUT2D eigenvalue weighted by Gasteiger charge is 2.30. The molecule has 0 radical (unpaired) electrons. The summed E-state index contributed by atoms with van der Waals surface area (Å²) in [4.78, 5) is 24.3. The second-order valence-electron chi connectivity index (χ2n) is 4.56. The van der Waals surface area contributed by atoms with Gasteiger partial charge in [0.05, 0.1) is 18.1 Å². The van der Waals surface area contributed by atoms with Crippen molar-refractivity contribution < 1.29 is 22.7 Å². The van der Waals surface area contributed by atoms with Crippen LogP contribution < -0.4 is 5.32 Å². The number of carbonyl (C=O) groups excluding carboxylic acids is 2. The van der Waals surface area contributed by atoms with Gasteiger partial charge in [0.1, 0.15) is 6.54 Å². The fourth-order valence-electron chi connectivity index (χ4n) is 2.10. The summed E-state index contributed by atoms with van der Waals surface area (Å²) < 4.78 is 27.3. The van der Waals surface area contributed by atoms with E-state index in [-0.39, 0.29) is 30.0 Å². The molecule has 102 valence electrons. The summed E-state index contributed by atoms with van der Waals surface area (Å²) in [6, 6.07) is -0.330. The Morgan fingerprint density at radius 2 is 2.28 bits per heavy atom. The third kappa shape index (κ3) is 3.34. The molecule has 8 heteroatoms. The number of sulfone groups is 1. The van der Waals surface area contributed by atoms with Gasteiger partial charge in [0, 0.05) is 12.6 Å². The van der Waals surface area contributed by atoms with Crippen LogP contribution in [0.1, 0.15) is 12.8 Å². The Hall–Kier alpha value is -1.31. The molecule has 2 rings (SSSR count). The first-order valence-corrected chi connectivity index (χ1v) is 7.70. The number of carbonyl (C=O) groups is 2. The van der Waals surface area contributed by atoms with Gasteiger partial charge in [0.15, 0.2) is 9.84 Å². The molecule has 2 heterocycles. The normalized spacial score (nSPS) is 26.8. The first-order valence-electron chi connectivity index (χ1n) is 5.88. The zero-order valence-corrected chi connectivity index (χ0v) is 10.7. The van der Waals surface area contributed by atoms with E-state index in [0.29, 0.717) is 26.0 Å². The van der Waals surface area contributed by atoms with Gasteiger partial charge in [-0.25, -0.2) is 13.2 Å². The molecule has 0 aliphatic carbocycles. The van der Waals surface area contributed by atoms with E-state index in [2.05, 4.69) is 5.32 Å². The van der Waals surface area contributed by atoms with Crippen molar-refractivity contribution in [1.82, 2.24) is 10.2 Å². The number of rotatable bonds is 3. The summed E-state index contributed by atoms with van der Waals surface area (Å²) in [5, 5.41) is 2.63. The van der Waals surface area contributed by atoms with Crippen LogP contribution in [0.25, 0.3) is 0 Å². The van der Waals surface area contributed by atoms with Crippen molar-refractivity contribution in [2.75, 3.05) is 31.2 Å². The van der Waals surface area contributed by atoms with Crippen LogP contribution in [0.5, 0.6) is 0 Å². The lowest BCUT2D eigenvalue weighted by atomic mass is 10.2. The smallest absolute Gasteiger partial charge is 0.410 e. The predicted octanol–water partition coefficient (Wildman–Crippen LogP) is -0.868. The van der Waals surface area contributed by atoms with Gasteiger partial charge in [-0.05, 0) is 12.8 Å². The molecule has 0 aromatic carbocycles. The van der Waals surface area contributed by atoms with Gasteiger partial charge in [-0.1, -0.05) is 0 Å². The predicted molar refractivity (Wildman–Crippen MR) is 62.7 cm³/mol. The average molecular weight is 276 g/mol. The van der Waals surface area contributed by atoms with Crippen LogP contribution in [0.15, 0.2) is 0 Å². The summed E-state index contributed by atoms with van der Waals surface area (Å²) in [7, 11) is -3.00. The molecular weight excluding hydrogens is 260 g/mol. The van der Waals surface area contributed by atoms with Gasteiger partial charge in [0.2, 0.25) is 5.91 Å². The maximum Gasteiger partial charge on any atom is 0.410 e. The molecule has 2 aliphatic heterocycles. The second-order valence-corrected chi connectivity index (χ2v) is 6.79. The highest BCUT2D eigenvalue weighted by Crippen LogP contribution is 2.11. The third-order valence-electron chi connectivity index (χ3n) is 2.99. The van der Waals surface area contributed by atoms with Crippen LogP contribution in [0.4, 0.5) is 4.79 Å². The lowest BCUT2D eigenvalue weighted by Crippen LogP contribution is -2.46. The molecule has 0 aromatic heterocycles. The van der Waals surface area contributed by atoms with Crippen LogP contribution in [0.2, 0.25) is 0 Å². The molecule has 1 atom stereocenters. The maximum absolute atomic E-state index is 11.7. The lowest BCUT2D eigenvalue weighted by molar-refractivity contribution is -0.122. The Kier molecular flexibility index (Phi) is 3.74. The number of cyclic esters (lactones) is 1. The standard InChI is InChI=1S/C10H16N2O5S/c13-9(6-12-3-1-4-17-10(12)14)11-8-2-5-18(15,16)7-8/h8H,1-7H2,(H,11,13). The van der Waals surface area contributed by atoms with E-state index >= 15 is 0 Å². The summed E-state index contributed by atoms with van der Waals surface area (Å²) in [5.74, 6) is -0.233. The van der Waals surface area contributed by atoms with Crippen molar-refractivity contribution in [3.8, 4) is 0 Å². The molecule has 18 heavy (non-hydrogen) atoms. The Balaban J connectivity index is 1.80. The van der Waals surface area contributed by atoms with Gasteiger partial charge in [-0.15, -0.1) is 0 Å². The number of nitrogens with zero attached hydrogens (tertiary/aromatic N) is 1. The molecule has 0 spiro atoms. The van der Waals surface area contributed by atoms with Crippen LogP contribution in [-0.4, -0.2) is 62.6 Å². The number of amides is 2. The minimum absolute atomic E-state index is 0.0107. The fraction of sp³-hybridized carbons (Fsp3) is 0.800. The van der Waals surface area contributed by atoms with Crippen molar-refractivity contribution in [1.29, 1.82) is 0 Å². The molecule has 2 amide bonds. The number of nitrogens with one attached hydrogen (secondary N) is 1. The highest BCUT2D eigenvalue weighted by atomic mass is 32.2. The summed E-state index contributed by atoms with van der Waals surface area (Å²) in [6.07, 6.45) is 0.658. The van der Waals surface area contributed by atoms with Gasteiger partial charge < -0.3 is 10.1 Å². The quantitative estimate of drug-likeness (QED) is 0.723. The molecule has 2 fully saturated rings. The van der Waals surface area contributed by atoms with Crippen molar-refractivity contribution in [3.05, 3.63) is 0 Å². The molecule has 1 N–H and O–H groups in total. The first kappa shape index (κ1) is 13.1. The molecule has 1 unspecified atom stereocenters. The summed E-state index contributed by atoms with van der Waals surface area (Å²) in [5.41, 5.74) is 0. The SMILES string of the molecule is O=C(CN1CCCOC1=O)NC1CCS(=O)(=O)C1. The molecule has 0 bridgehead atoms. The van der Waals surface area contributed by atoms with Crippen LogP contribution in [0, 0.1) is 0 Å². The van der Waals surface area contributed by atoms with Crippen molar-refractivity contribution >= 4 is 21.8 Å². The Morgan fingerprint density at radius 3 is 2.89 bits per heavy atom. The number of ether oxygens (including phenoxy) is 1. The van der Waals surface area contributed by atoms with Crippen molar-refractivity contribution in [2.45, 2.75) is 18.9 Å². The van der Waals surface area contributed by atoms with E-state index in [0.717, 1.165) is 0 Å². The average Bonchev–Trinajstić information content (AvgIpc) is 2.61. The van der Waals surface area contributed by atoms with E-state index in [1.54, 1.807) is 0 Å². The minimum atomic E-state index is -3.00. The molecular formula is C10H16N2O5S. The molecule has 7 nitrogen and oxygen atoms in total. The van der Waals surface area contributed by atoms with Gasteiger partial charge in [-0.3, -0.25) is 9.69 Å². The zero-order chi connectivity index (χ0) is 13.2. The Morgan fingerprint density at radius 1 is 1.50 bits per heavy atom. The first-order chi connectivity index (χ1) is 8.46. The van der Waals surface area contributed by atoms with E-state index in [4.69, 9.17) is 4.74 Å². The number of hydrogen-bond donors (Lipinski definition) is 1. The van der Waals surface area contributed by atoms with Gasteiger partial charge >= 0.3 is 6.09 Å². The molecule has 2 saturated heterocycles. The van der Waals surface area contributed by atoms with E-state index < -0.39 is 15.9 Å². The maximum atomic E-state index is 11.7. The van der Waals surface area contributed by atoms with Crippen LogP contribution in [0.3, 0.4) is 0 Å². The summed E-state index contributed by atoms with van der Waals surface area (Å²) >= 11 is 0. The topological polar surface area (TPSA) is 92.8 Å². The van der Waals surface area contributed by atoms with Crippen LogP contribution in [-0.2, 0) is 19.4 Å². The minimum Gasteiger partial charge on any atom is -0.449 e. The fourth-order valence-corrected chi connectivity index (χ4v) is 3.77. The monoisotopic (exact) mass is 276 g/mol. The zero-order valence-electron chi connectivity index (χ0n) is 9.92. The summed E-state index contributed by atoms with van der Waals surface area (Å²) in [6.45, 7) is 0.808. The second kappa shape index (κ2) is 5.13. The molecule has 0 aromatic rings. The Bertz CT molecular complexity index is 447. The van der Waals surface area contributed by atoms with Crippen molar-refractivity contribution in [2.24, 2.45) is 0 Å². The van der Waals surface area contributed by atoms with Gasteiger partial charge in [0.25, 0.3) is 0 Å².